The Morgan fingerprint density at radius 2 is 1.86 bits per heavy atom. The molecule has 0 radical (unpaired) electrons. The van der Waals surface area contributed by atoms with Gasteiger partial charge in [-0.15, -0.1) is 0 Å². The molecule has 3 N–H and O–H groups in total. The van der Waals surface area contributed by atoms with Crippen LogP contribution in [0.3, 0.4) is 0 Å². The largest absolute Gasteiger partial charge is 0.396 e. The minimum absolute atomic E-state index is 0.0926. The molecule has 0 aromatic heterocycles. The van der Waals surface area contributed by atoms with Gasteiger partial charge in [0.2, 0.25) is 0 Å². The van der Waals surface area contributed by atoms with E-state index in [1.807, 2.05) is 0 Å². The average molecular weight is 224 g/mol. The number of unbranched alkanes of at least 4 members (excludes halogenated alkanes) is 2. The highest BCUT2D eigenvalue weighted by Gasteiger charge is 2.09. The van der Waals surface area contributed by atoms with Crippen molar-refractivity contribution in [3.8, 4) is 0 Å². The molecule has 0 aliphatic heterocycles. The van der Waals surface area contributed by atoms with E-state index < -0.39 is 10.2 Å². The summed E-state index contributed by atoms with van der Waals surface area (Å²) in [6, 6.07) is -0.0926. The normalized spacial score (nSPS) is 12.3. The van der Waals surface area contributed by atoms with Gasteiger partial charge in [0.15, 0.2) is 0 Å². The van der Waals surface area contributed by atoms with Crippen LogP contribution in [0, 0.1) is 0 Å². The number of nitrogens with one attached hydrogen (secondary N) is 2. The minimum Gasteiger partial charge on any atom is -0.396 e. The molecular formula is C8H20N2O3S. The molecule has 6 heteroatoms. The Balaban J connectivity index is 3.56. The SMILES string of the molecule is CC(C)NS(=O)(=O)NCCCCCO. The predicted molar refractivity (Wildman–Crippen MR) is 56.1 cm³/mol. The second kappa shape index (κ2) is 7.17. The molecule has 0 atom stereocenters. The van der Waals surface area contributed by atoms with Gasteiger partial charge in [0.1, 0.15) is 0 Å². The molecule has 0 saturated carbocycles. The van der Waals surface area contributed by atoms with E-state index in [0.29, 0.717) is 6.54 Å². The smallest absolute Gasteiger partial charge is 0.277 e. The highest BCUT2D eigenvalue weighted by Crippen LogP contribution is 1.93. The van der Waals surface area contributed by atoms with Gasteiger partial charge in [-0.25, -0.2) is 4.72 Å². The summed E-state index contributed by atoms with van der Waals surface area (Å²) in [5, 5.41) is 8.49. The van der Waals surface area contributed by atoms with Gasteiger partial charge in [-0.1, -0.05) is 0 Å². The van der Waals surface area contributed by atoms with Gasteiger partial charge in [-0.2, -0.15) is 13.1 Å². The number of aliphatic hydroxyl groups excluding tert-OH is 1. The van der Waals surface area contributed by atoms with Crippen molar-refractivity contribution in [2.45, 2.75) is 39.2 Å². The van der Waals surface area contributed by atoms with Crippen LogP contribution < -0.4 is 9.44 Å². The molecule has 14 heavy (non-hydrogen) atoms. The van der Waals surface area contributed by atoms with Gasteiger partial charge in [-0.05, 0) is 33.1 Å². The maximum atomic E-state index is 11.2. The van der Waals surface area contributed by atoms with E-state index in [0.717, 1.165) is 19.3 Å². The van der Waals surface area contributed by atoms with E-state index in [9.17, 15) is 8.42 Å². The fourth-order valence-electron chi connectivity index (χ4n) is 0.972. The predicted octanol–water partition coefficient (Wildman–Crippen LogP) is -0.0186. The van der Waals surface area contributed by atoms with Gasteiger partial charge in [-0.3, -0.25) is 0 Å². The van der Waals surface area contributed by atoms with Crippen LogP contribution in [0.4, 0.5) is 0 Å². The highest BCUT2D eigenvalue weighted by atomic mass is 32.2. The van der Waals surface area contributed by atoms with Gasteiger partial charge in [0.05, 0.1) is 0 Å². The van der Waals surface area contributed by atoms with E-state index >= 15 is 0 Å². The molecule has 0 aromatic carbocycles. The second-order valence-corrected chi connectivity index (χ2v) is 4.99. The van der Waals surface area contributed by atoms with E-state index in [4.69, 9.17) is 5.11 Å². The monoisotopic (exact) mass is 224 g/mol. The van der Waals surface area contributed by atoms with Crippen LogP contribution in [-0.4, -0.2) is 32.7 Å². The van der Waals surface area contributed by atoms with E-state index in [1.165, 1.54) is 0 Å². The fourth-order valence-corrected chi connectivity index (χ4v) is 2.09. The summed E-state index contributed by atoms with van der Waals surface area (Å²) in [4.78, 5) is 0. The van der Waals surface area contributed by atoms with Crippen LogP contribution >= 0.6 is 0 Å². The summed E-state index contributed by atoms with van der Waals surface area (Å²) < 4.78 is 27.3. The molecular weight excluding hydrogens is 204 g/mol. The maximum absolute atomic E-state index is 11.2. The van der Waals surface area contributed by atoms with E-state index in [-0.39, 0.29) is 12.6 Å². The molecule has 0 aromatic rings. The van der Waals surface area contributed by atoms with Crippen molar-refractivity contribution in [2.24, 2.45) is 0 Å². The third-order valence-corrected chi connectivity index (χ3v) is 2.88. The lowest BCUT2D eigenvalue weighted by Crippen LogP contribution is -2.40. The van der Waals surface area contributed by atoms with E-state index in [2.05, 4.69) is 9.44 Å². The maximum Gasteiger partial charge on any atom is 0.277 e. The van der Waals surface area contributed by atoms with Gasteiger partial charge < -0.3 is 5.11 Å². The van der Waals surface area contributed by atoms with Crippen molar-refractivity contribution in [2.75, 3.05) is 13.2 Å². The first-order valence-electron chi connectivity index (χ1n) is 4.85. The van der Waals surface area contributed by atoms with Crippen LogP contribution in [0.15, 0.2) is 0 Å². The summed E-state index contributed by atoms with van der Waals surface area (Å²) in [6.07, 6.45) is 2.31. The molecule has 0 amide bonds. The molecule has 0 spiro atoms. The van der Waals surface area contributed by atoms with Crippen LogP contribution in [0.1, 0.15) is 33.1 Å². The Morgan fingerprint density at radius 1 is 1.21 bits per heavy atom. The number of hydrogen-bond donors (Lipinski definition) is 3. The Bertz CT molecular complexity index is 227. The highest BCUT2D eigenvalue weighted by molar-refractivity contribution is 7.87. The first-order valence-corrected chi connectivity index (χ1v) is 6.34. The van der Waals surface area contributed by atoms with Gasteiger partial charge >= 0.3 is 0 Å². The summed E-state index contributed by atoms with van der Waals surface area (Å²) in [6.45, 7) is 4.12. The Hall–Kier alpha value is -0.170. The molecule has 0 unspecified atom stereocenters. The molecule has 86 valence electrons. The van der Waals surface area contributed by atoms with Crippen molar-refractivity contribution in [3.63, 3.8) is 0 Å². The van der Waals surface area contributed by atoms with Gasteiger partial charge in [0, 0.05) is 19.2 Å². The van der Waals surface area contributed by atoms with Crippen LogP contribution in [-0.2, 0) is 10.2 Å². The Labute approximate surface area is 86.1 Å². The topological polar surface area (TPSA) is 78.4 Å². The standard InChI is InChI=1S/C8H20N2O3S/c1-8(2)10-14(12,13)9-6-4-3-5-7-11/h8-11H,3-7H2,1-2H3. The lowest BCUT2D eigenvalue weighted by atomic mass is 10.2. The van der Waals surface area contributed by atoms with Gasteiger partial charge in [0.25, 0.3) is 10.2 Å². The van der Waals surface area contributed by atoms with Crippen molar-refractivity contribution < 1.29 is 13.5 Å². The van der Waals surface area contributed by atoms with Crippen LogP contribution in [0.25, 0.3) is 0 Å². The Kier molecular flexibility index (Phi) is 7.08. The third-order valence-electron chi connectivity index (χ3n) is 1.52. The molecule has 0 aliphatic carbocycles. The lowest BCUT2D eigenvalue weighted by molar-refractivity contribution is 0.283. The summed E-state index contributed by atoms with van der Waals surface area (Å²) in [7, 11) is -3.33. The van der Waals surface area contributed by atoms with Crippen molar-refractivity contribution in [3.05, 3.63) is 0 Å². The zero-order chi connectivity index (χ0) is 11.0. The zero-order valence-corrected chi connectivity index (χ0v) is 9.60. The quantitative estimate of drug-likeness (QED) is 0.507. The molecule has 0 bridgehead atoms. The second-order valence-electron chi connectivity index (χ2n) is 3.45. The molecule has 0 fully saturated rings. The number of hydrogen-bond acceptors (Lipinski definition) is 3. The average Bonchev–Trinajstić information content (AvgIpc) is 2.01. The Morgan fingerprint density at radius 3 is 2.36 bits per heavy atom. The number of aliphatic hydroxyl groups is 1. The first kappa shape index (κ1) is 13.8. The lowest BCUT2D eigenvalue weighted by Gasteiger charge is -2.10. The summed E-state index contributed by atoms with van der Waals surface area (Å²) in [5.41, 5.74) is 0. The minimum atomic E-state index is -3.33. The first-order chi connectivity index (χ1) is 6.48. The molecule has 5 nitrogen and oxygen atoms in total. The fraction of sp³-hybridized carbons (Fsp3) is 1.00. The van der Waals surface area contributed by atoms with Crippen molar-refractivity contribution in [1.82, 2.24) is 9.44 Å². The van der Waals surface area contributed by atoms with Crippen LogP contribution in [0.2, 0.25) is 0 Å². The van der Waals surface area contributed by atoms with Crippen molar-refractivity contribution >= 4 is 10.2 Å². The van der Waals surface area contributed by atoms with Crippen LogP contribution in [0.5, 0.6) is 0 Å². The molecule has 0 heterocycles. The summed E-state index contributed by atoms with van der Waals surface area (Å²) in [5.74, 6) is 0. The molecule has 0 saturated heterocycles. The van der Waals surface area contributed by atoms with E-state index in [1.54, 1.807) is 13.8 Å². The zero-order valence-electron chi connectivity index (χ0n) is 8.78. The number of rotatable bonds is 8. The van der Waals surface area contributed by atoms with Crippen molar-refractivity contribution in [1.29, 1.82) is 0 Å². The molecule has 0 aliphatic rings. The summed E-state index contributed by atoms with van der Waals surface area (Å²) >= 11 is 0. The third kappa shape index (κ3) is 8.43. The molecule has 0 rings (SSSR count).